The van der Waals surface area contributed by atoms with Crippen LogP contribution in [0.25, 0.3) is 0 Å². The van der Waals surface area contributed by atoms with Crippen molar-refractivity contribution < 1.29 is 35.9 Å². The van der Waals surface area contributed by atoms with Crippen molar-refractivity contribution in [1.29, 1.82) is 5.26 Å². The molecule has 0 bridgehead atoms. The number of aromatic nitrogens is 2. The number of aryl methyl sites for hydroxylation is 1. The van der Waals surface area contributed by atoms with E-state index in [9.17, 15) is 36.4 Å². The summed E-state index contributed by atoms with van der Waals surface area (Å²) >= 11 is 6.17. The number of ether oxygens (including phenoxy) is 1. The molecule has 222 valence electrons. The van der Waals surface area contributed by atoms with Gasteiger partial charge in [-0.15, -0.1) is 0 Å². The molecule has 15 heteroatoms. The zero-order chi connectivity index (χ0) is 30.5. The van der Waals surface area contributed by atoms with Gasteiger partial charge in [0.15, 0.2) is 16.4 Å². The highest BCUT2D eigenvalue weighted by Gasteiger charge is 2.51. The minimum absolute atomic E-state index is 0.149. The fourth-order valence-corrected chi connectivity index (χ4v) is 6.77. The van der Waals surface area contributed by atoms with E-state index in [4.69, 9.17) is 11.6 Å². The summed E-state index contributed by atoms with van der Waals surface area (Å²) < 4.78 is 70.9. The Balaban J connectivity index is 1.65. The summed E-state index contributed by atoms with van der Waals surface area (Å²) in [5, 5.41) is 14.9. The number of hydrogen-bond donors (Lipinski definition) is 1. The summed E-state index contributed by atoms with van der Waals surface area (Å²) in [5.74, 6) is -1.55. The van der Waals surface area contributed by atoms with Crippen molar-refractivity contribution in [2.24, 2.45) is 7.05 Å². The van der Waals surface area contributed by atoms with Crippen LogP contribution in [0.4, 0.5) is 13.2 Å². The second kappa shape index (κ2) is 10.5. The molecule has 4 rings (SSSR count). The fourth-order valence-electron chi connectivity index (χ4n) is 4.53. The van der Waals surface area contributed by atoms with Crippen LogP contribution in [0.15, 0.2) is 29.2 Å². The van der Waals surface area contributed by atoms with Crippen LogP contribution in [0, 0.1) is 11.3 Å². The average molecular weight is 616 g/mol. The number of carbonyl (C=O) groups excluding carboxylic acids is 2. The minimum atomic E-state index is -4.60. The van der Waals surface area contributed by atoms with Gasteiger partial charge in [-0.2, -0.15) is 23.5 Å². The number of nitrogens with one attached hydrogen (secondary N) is 1. The number of nitrogens with zero attached hydrogens (tertiary/aromatic N) is 4. The lowest BCUT2D eigenvalue weighted by Crippen LogP contribution is -2.49. The van der Waals surface area contributed by atoms with E-state index in [1.54, 1.807) is 13.1 Å². The Morgan fingerprint density at radius 1 is 1.24 bits per heavy atom. The van der Waals surface area contributed by atoms with Crippen molar-refractivity contribution in [3.05, 3.63) is 40.7 Å². The van der Waals surface area contributed by atoms with Gasteiger partial charge in [0.05, 0.1) is 26.9 Å². The molecule has 1 saturated carbocycles. The molecule has 1 aromatic carbocycles. The second-order valence-corrected chi connectivity index (χ2v) is 13.9. The van der Waals surface area contributed by atoms with Gasteiger partial charge < -0.3 is 15.0 Å². The molecule has 0 radical (unpaired) electrons. The molecule has 1 aromatic heterocycles. The third kappa shape index (κ3) is 6.46. The number of benzene rings is 1. The first-order valence-electron chi connectivity index (χ1n) is 12.7. The van der Waals surface area contributed by atoms with E-state index >= 15 is 0 Å². The highest BCUT2D eigenvalue weighted by molar-refractivity contribution is 7.92. The van der Waals surface area contributed by atoms with E-state index in [0.29, 0.717) is 18.5 Å². The maximum atomic E-state index is 13.7. The number of amides is 2. The van der Waals surface area contributed by atoms with Crippen molar-refractivity contribution >= 4 is 33.3 Å². The summed E-state index contributed by atoms with van der Waals surface area (Å²) in [5.41, 5.74) is -0.670. The SMILES string of the molecule is Cn1nc(C(C)(C)C)cc1C(=O)N1CC(S(=O)(=O)c2ccc(OCC(F)(F)F)cc2Cl)CC1C(=O)NC1(C#N)CC1. The Labute approximate surface area is 240 Å². The molecular weight excluding hydrogens is 587 g/mol. The molecular formula is C26H29ClF3N5O5S. The van der Waals surface area contributed by atoms with Crippen LogP contribution in [-0.2, 0) is 27.1 Å². The number of halogens is 4. The molecule has 2 atom stereocenters. The van der Waals surface area contributed by atoms with Gasteiger partial charge in [-0.05, 0) is 37.5 Å². The van der Waals surface area contributed by atoms with Gasteiger partial charge in [-0.3, -0.25) is 14.3 Å². The van der Waals surface area contributed by atoms with Crippen LogP contribution in [0.2, 0.25) is 5.02 Å². The maximum Gasteiger partial charge on any atom is 0.422 e. The monoisotopic (exact) mass is 615 g/mol. The van der Waals surface area contributed by atoms with Gasteiger partial charge in [-0.25, -0.2) is 8.42 Å². The molecule has 1 aliphatic heterocycles. The predicted octanol–water partition coefficient (Wildman–Crippen LogP) is 3.54. The van der Waals surface area contributed by atoms with Crippen LogP contribution in [0.1, 0.15) is 56.2 Å². The van der Waals surface area contributed by atoms with Crippen molar-refractivity contribution in [3.8, 4) is 11.8 Å². The summed E-state index contributed by atoms with van der Waals surface area (Å²) in [6.07, 6.45) is -4.01. The number of carbonyl (C=O) groups is 2. The van der Waals surface area contributed by atoms with Crippen LogP contribution >= 0.6 is 11.6 Å². The molecule has 1 saturated heterocycles. The smallest absolute Gasteiger partial charge is 0.422 e. The quantitative estimate of drug-likeness (QED) is 0.503. The average Bonchev–Trinajstić information content (AvgIpc) is 3.29. The molecule has 1 aliphatic carbocycles. The summed E-state index contributed by atoms with van der Waals surface area (Å²) in [6.45, 7) is 3.80. The van der Waals surface area contributed by atoms with Gasteiger partial charge >= 0.3 is 6.18 Å². The van der Waals surface area contributed by atoms with Gasteiger partial charge in [0.25, 0.3) is 5.91 Å². The maximum absolute atomic E-state index is 13.7. The van der Waals surface area contributed by atoms with Crippen LogP contribution < -0.4 is 10.1 Å². The molecule has 2 amide bonds. The minimum Gasteiger partial charge on any atom is -0.484 e. The first-order valence-corrected chi connectivity index (χ1v) is 14.6. The molecule has 10 nitrogen and oxygen atoms in total. The van der Waals surface area contributed by atoms with Crippen LogP contribution in [0.5, 0.6) is 5.75 Å². The summed E-state index contributed by atoms with van der Waals surface area (Å²) in [4.78, 5) is 27.8. The topological polar surface area (TPSA) is 134 Å². The molecule has 2 heterocycles. The number of likely N-dealkylation sites (tertiary alicyclic amines) is 1. The molecule has 2 aromatic rings. The number of hydrogen-bond acceptors (Lipinski definition) is 7. The first kappa shape index (κ1) is 30.6. The van der Waals surface area contributed by atoms with Gasteiger partial charge in [-0.1, -0.05) is 32.4 Å². The first-order chi connectivity index (χ1) is 18.9. The van der Waals surface area contributed by atoms with Crippen molar-refractivity contribution in [2.75, 3.05) is 13.2 Å². The lowest BCUT2D eigenvalue weighted by atomic mass is 9.92. The van der Waals surface area contributed by atoms with Gasteiger partial charge in [0, 0.05) is 25.1 Å². The van der Waals surface area contributed by atoms with E-state index in [0.717, 1.165) is 23.1 Å². The van der Waals surface area contributed by atoms with Gasteiger partial charge in [0.2, 0.25) is 5.91 Å². The lowest BCUT2D eigenvalue weighted by Gasteiger charge is -2.24. The predicted molar refractivity (Wildman–Crippen MR) is 141 cm³/mol. The third-order valence-electron chi connectivity index (χ3n) is 7.07. The summed E-state index contributed by atoms with van der Waals surface area (Å²) in [6, 6.07) is 5.48. The number of nitriles is 1. The number of sulfone groups is 1. The zero-order valence-electron chi connectivity index (χ0n) is 22.7. The molecule has 2 aliphatic rings. The Morgan fingerprint density at radius 3 is 2.41 bits per heavy atom. The standard InChI is InChI=1S/C26H29ClF3N5O5S/c1-24(2,3)21-11-19(34(4)33-21)23(37)35-12-16(10-18(35)22(36)32-25(13-31)7-8-25)41(38,39)20-6-5-15(9-17(20)27)40-14-26(28,29)30/h5-6,9,11,16,18H,7-8,10,12,14H2,1-4H3,(H,32,36). The molecule has 2 unspecified atom stereocenters. The Hall–Kier alpha value is -3.31. The lowest BCUT2D eigenvalue weighted by molar-refractivity contribution is -0.153. The number of rotatable bonds is 7. The van der Waals surface area contributed by atoms with Crippen LogP contribution in [0.3, 0.4) is 0 Å². The van der Waals surface area contributed by atoms with E-state index in [-0.39, 0.29) is 39.7 Å². The van der Waals surface area contributed by atoms with Crippen molar-refractivity contribution in [3.63, 3.8) is 0 Å². The zero-order valence-corrected chi connectivity index (χ0v) is 24.3. The molecule has 41 heavy (non-hydrogen) atoms. The highest BCUT2D eigenvalue weighted by Crippen LogP contribution is 2.37. The van der Waals surface area contributed by atoms with E-state index in [1.165, 1.54) is 4.68 Å². The second-order valence-electron chi connectivity index (χ2n) is 11.3. The third-order valence-corrected chi connectivity index (χ3v) is 9.68. The fraction of sp³-hybridized carbons (Fsp3) is 0.538. The Morgan fingerprint density at radius 2 is 1.90 bits per heavy atom. The number of alkyl halides is 3. The largest absolute Gasteiger partial charge is 0.484 e. The molecule has 2 fully saturated rings. The van der Waals surface area contributed by atoms with Crippen molar-refractivity contribution in [1.82, 2.24) is 20.0 Å². The Bertz CT molecular complexity index is 1520. The summed E-state index contributed by atoms with van der Waals surface area (Å²) in [7, 11) is -2.71. The van der Waals surface area contributed by atoms with E-state index in [2.05, 4.69) is 15.2 Å². The van der Waals surface area contributed by atoms with E-state index in [1.807, 2.05) is 26.8 Å². The van der Waals surface area contributed by atoms with Crippen molar-refractivity contribution in [2.45, 2.75) is 73.4 Å². The Kier molecular flexibility index (Phi) is 7.85. The molecule has 0 spiro atoms. The van der Waals surface area contributed by atoms with E-state index < -0.39 is 51.3 Å². The normalized spacial score (nSPS) is 20.4. The van der Waals surface area contributed by atoms with Gasteiger partial charge in [0.1, 0.15) is 23.0 Å². The molecule has 1 N–H and O–H groups in total. The van der Waals surface area contributed by atoms with Crippen LogP contribution in [-0.4, -0.2) is 71.1 Å². The highest BCUT2D eigenvalue weighted by atomic mass is 35.5.